The van der Waals surface area contributed by atoms with Gasteiger partial charge in [0.25, 0.3) is 0 Å². The summed E-state index contributed by atoms with van der Waals surface area (Å²) in [7, 11) is 1.46. The molecule has 35 heavy (non-hydrogen) atoms. The van der Waals surface area contributed by atoms with Gasteiger partial charge in [-0.3, -0.25) is 24.1 Å². The number of methoxy groups -OCH3 is 1. The maximum atomic E-state index is 13.9. The number of phenolic OH excluding ortho intramolecular Hbond substituents is 1. The number of ether oxygens (including phenoxy) is 1. The standard InChI is InChI=1S/C28H31NO6/c1-6-29-26(33)17-9-8-16-18(22(17)27(29)34)12-19-24(31)13(2)14(3)25(32)28(19,4)23(16)15-7-10-20(30)21(11-15)35-5/h7-8,10-11,17-19,22-23,30H,6,9,12H2,1-5H3/t17-,18+,19-,22-,23-,28+/m0/s1. The van der Waals surface area contributed by atoms with Crippen LogP contribution >= 0.6 is 0 Å². The summed E-state index contributed by atoms with van der Waals surface area (Å²) in [6.45, 7) is 7.39. The Balaban J connectivity index is 1.74. The number of benzene rings is 1. The molecular weight excluding hydrogens is 446 g/mol. The van der Waals surface area contributed by atoms with Crippen LogP contribution in [-0.4, -0.2) is 47.0 Å². The van der Waals surface area contributed by atoms with Crippen LogP contribution in [0.1, 0.15) is 52.0 Å². The van der Waals surface area contributed by atoms with Crippen LogP contribution in [0.3, 0.4) is 0 Å². The van der Waals surface area contributed by atoms with Crippen molar-refractivity contribution in [3.05, 3.63) is 46.6 Å². The highest BCUT2D eigenvalue weighted by molar-refractivity contribution is 6.16. The lowest BCUT2D eigenvalue weighted by molar-refractivity contribution is -0.143. The number of aromatic hydroxyl groups is 1. The number of carbonyl (C=O) groups excluding carboxylic acids is 4. The van der Waals surface area contributed by atoms with Crippen molar-refractivity contribution in [2.24, 2.45) is 29.1 Å². The van der Waals surface area contributed by atoms with E-state index < -0.39 is 29.1 Å². The molecule has 6 atom stereocenters. The molecule has 2 fully saturated rings. The summed E-state index contributed by atoms with van der Waals surface area (Å²) < 4.78 is 5.36. The molecule has 0 bridgehead atoms. The summed E-state index contributed by atoms with van der Waals surface area (Å²) in [5.41, 5.74) is 1.59. The van der Waals surface area contributed by atoms with Gasteiger partial charge in [0.15, 0.2) is 23.1 Å². The Morgan fingerprint density at radius 2 is 1.80 bits per heavy atom. The lowest BCUT2D eigenvalue weighted by atomic mass is 9.46. The summed E-state index contributed by atoms with van der Waals surface area (Å²) in [6.07, 6.45) is 2.82. The van der Waals surface area contributed by atoms with E-state index in [1.54, 1.807) is 32.9 Å². The van der Waals surface area contributed by atoms with E-state index >= 15 is 0 Å². The Bertz CT molecular complexity index is 1240. The molecule has 7 nitrogen and oxygen atoms in total. The molecule has 0 spiro atoms. The smallest absolute Gasteiger partial charge is 0.233 e. The third kappa shape index (κ3) is 2.96. The van der Waals surface area contributed by atoms with Gasteiger partial charge in [0.2, 0.25) is 11.8 Å². The topological polar surface area (TPSA) is 101 Å². The molecule has 1 saturated carbocycles. The number of rotatable bonds is 3. The maximum absolute atomic E-state index is 13.9. The summed E-state index contributed by atoms with van der Waals surface area (Å²) in [5, 5.41) is 10.2. The molecule has 184 valence electrons. The predicted molar refractivity (Wildman–Crippen MR) is 128 cm³/mol. The second-order valence-electron chi connectivity index (χ2n) is 10.5. The van der Waals surface area contributed by atoms with Gasteiger partial charge in [-0.2, -0.15) is 0 Å². The van der Waals surface area contributed by atoms with E-state index in [1.165, 1.54) is 18.1 Å². The van der Waals surface area contributed by atoms with Crippen molar-refractivity contribution in [1.29, 1.82) is 0 Å². The molecule has 2 amide bonds. The first-order valence-corrected chi connectivity index (χ1v) is 12.3. The van der Waals surface area contributed by atoms with Crippen LogP contribution in [0.4, 0.5) is 0 Å². The number of phenols is 1. The normalized spacial score (nSPS) is 34.5. The maximum Gasteiger partial charge on any atom is 0.233 e. The van der Waals surface area contributed by atoms with Crippen molar-refractivity contribution in [2.75, 3.05) is 13.7 Å². The van der Waals surface area contributed by atoms with Gasteiger partial charge in [0.05, 0.1) is 24.4 Å². The number of amides is 2. The van der Waals surface area contributed by atoms with Crippen LogP contribution < -0.4 is 4.74 Å². The average molecular weight is 478 g/mol. The zero-order chi connectivity index (χ0) is 25.4. The van der Waals surface area contributed by atoms with Gasteiger partial charge < -0.3 is 9.84 Å². The largest absolute Gasteiger partial charge is 0.504 e. The number of allylic oxidation sites excluding steroid dienone is 4. The number of likely N-dealkylation sites (tertiary alicyclic amines) is 1. The highest BCUT2D eigenvalue weighted by atomic mass is 16.5. The first kappa shape index (κ1) is 23.5. The molecule has 0 unspecified atom stereocenters. The molecule has 1 heterocycles. The summed E-state index contributed by atoms with van der Waals surface area (Å²) in [4.78, 5) is 55.3. The lowest BCUT2D eigenvalue weighted by Gasteiger charge is -2.54. The minimum absolute atomic E-state index is 0.0175. The number of hydrogen-bond donors (Lipinski definition) is 1. The molecule has 7 heteroatoms. The minimum Gasteiger partial charge on any atom is -0.504 e. The van der Waals surface area contributed by atoms with Gasteiger partial charge in [0, 0.05) is 18.4 Å². The molecule has 5 rings (SSSR count). The van der Waals surface area contributed by atoms with Crippen LogP contribution in [-0.2, 0) is 19.2 Å². The minimum atomic E-state index is -1.05. The molecule has 1 aromatic rings. The molecule has 3 aliphatic carbocycles. The van der Waals surface area contributed by atoms with Crippen LogP contribution in [0.15, 0.2) is 41.0 Å². The van der Waals surface area contributed by atoms with Crippen LogP contribution in [0.25, 0.3) is 0 Å². The zero-order valence-corrected chi connectivity index (χ0v) is 20.8. The number of fused-ring (bicyclic) bond motifs is 4. The fourth-order valence-corrected chi connectivity index (χ4v) is 7.21. The molecule has 1 aromatic carbocycles. The second kappa shape index (κ2) is 7.90. The molecule has 0 aromatic heterocycles. The van der Waals surface area contributed by atoms with Gasteiger partial charge in [0.1, 0.15) is 0 Å². The first-order chi connectivity index (χ1) is 16.6. The lowest BCUT2D eigenvalue weighted by Crippen LogP contribution is -2.55. The predicted octanol–water partition coefficient (Wildman–Crippen LogP) is 3.57. The fourth-order valence-electron chi connectivity index (χ4n) is 7.21. The Morgan fingerprint density at radius 3 is 2.46 bits per heavy atom. The van der Waals surface area contributed by atoms with Gasteiger partial charge in [-0.25, -0.2) is 0 Å². The Hall–Kier alpha value is -3.22. The number of ketones is 2. The van der Waals surface area contributed by atoms with Crippen molar-refractivity contribution in [3.63, 3.8) is 0 Å². The molecule has 4 aliphatic rings. The first-order valence-electron chi connectivity index (χ1n) is 12.3. The van der Waals surface area contributed by atoms with Crippen molar-refractivity contribution in [3.8, 4) is 11.5 Å². The van der Waals surface area contributed by atoms with Crippen LogP contribution in [0.5, 0.6) is 11.5 Å². The van der Waals surface area contributed by atoms with Crippen LogP contribution in [0, 0.1) is 29.1 Å². The third-order valence-corrected chi connectivity index (χ3v) is 9.12. The van der Waals surface area contributed by atoms with E-state index in [1.807, 2.05) is 13.0 Å². The monoisotopic (exact) mass is 477 g/mol. The highest BCUT2D eigenvalue weighted by Gasteiger charge is 2.63. The van der Waals surface area contributed by atoms with Crippen LogP contribution in [0.2, 0.25) is 0 Å². The van der Waals surface area contributed by atoms with E-state index in [0.717, 1.165) is 11.1 Å². The van der Waals surface area contributed by atoms with Crippen molar-refractivity contribution in [1.82, 2.24) is 4.90 Å². The Kier molecular flexibility index (Phi) is 5.31. The van der Waals surface area contributed by atoms with E-state index in [0.29, 0.717) is 30.5 Å². The van der Waals surface area contributed by atoms with Gasteiger partial charge in [-0.05, 0) is 68.4 Å². The number of carbonyl (C=O) groups is 4. The van der Waals surface area contributed by atoms with E-state index in [2.05, 4.69) is 0 Å². The number of hydrogen-bond acceptors (Lipinski definition) is 6. The second-order valence-corrected chi connectivity index (χ2v) is 10.5. The Morgan fingerprint density at radius 1 is 1.09 bits per heavy atom. The number of Topliss-reactive ketones (excluding diaryl/α,β-unsaturated/α-hetero) is 2. The molecule has 1 saturated heterocycles. The highest BCUT2D eigenvalue weighted by Crippen LogP contribution is 2.63. The molecular formula is C28H31NO6. The molecule has 0 radical (unpaired) electrons. The summed E-state index contributed by atoms with van der Waals surface area (Å²) in [6, 6.07) is 5.02. The molecule has 1 aliphatic heterocycles. The van der Waals surface area contributed by atoms with Gasteiger partial charge in [-0.15, -0.1) is 0 Å². The SMILES string of the molecule is CCN1C(=O)[C@H]2[C@H](CC=C3[C@H]2C[C@H]2C(=O)C(C)=C(C)C(=O)[C@@]2(C)[C@H]3c2ccc(O)c(OC)c2)C1=O. The summed E-state index contributed by atoms with van der Waals surface area (Å²) >= 11 is 0. The van der Waals surface area contributed by atoms with Gasteiger partial charge in [-0.1, -0.05) is 24.6 Å². The fraction of sp³-hybridized carbons (Fsp3) is 0.500. The average Bonchev–Trinajstić information content (AvgIpc) is 3.10. The summed E-state index contributed by atoms with van der Waals surface area (Å²) in [5.74, 6) is -2.55. The Labute approximate surface area is 204 Å². The number of imide groups is 1. The molecule has 1 N–H and O–H groups in total. The third-order valence-electron chi connectivity index (χ3n) is 9.12. The number of nitrogens with zero attached hydrogens (tertiary/aromatic N) is 1. The van der Waals surface area contributed by atoms with E-state index in [-0.39, 0.29) is 40.8 Å². The van der Waals surface area contributed by atoms with E-state index in [4.69, 9.17) is 4.74 Å². The quantitative estimate of drug-likeness (QED) is 0.528. The van der Waals surface area contributed by atoms with Crippen molar-refractivity contribution < 1.29 is 29.0 Å². The van der Waals surface area contributed by atoms with Gasteiger partial charge >= 0.3 is 0 Å². The van der Waals surface area contributed by atoms with Crippen molar-refractivity contribution >= 4 is 23.4 Å². The van der Waals surface area contributed by atoms with Crippen molar-refractivity contribution in [2.45, 2.75) is 46.5 Å². The van der Waals surface area contributed by atoms with E-state index in [9.17, 15) is 24.3 Å². The zero-order valence-electron chi connectivity index (χ0n) is 20.8.